The van der Waals surface area contributed by atoms with Crippen molar-refractivity contribution >= 4 is 15.9 Å². The molecule has 1 unspecified atom stereocenters. The smallest absolute Gasteiger partial charge is 0.251 e. The summed E-state index contributed by atoms with van der Waals surface area (Å²) in [6, 6.07) is 9.66. The molecule has 1 amide bonds. The molecule has 1 aliphatic heterocycles. The molecule has 0 aliphatic carbocycles. The van der Waals surface area contributed by atoms with Gasteiger partial charge in [0.25, 0.3) is 5.91 Å². The van der Waals surface area contributed by atoms with E-state index in [9.17, 15) is 13.2 Å². The lowest BCUT2D eigenvalue weighted by atomic mass is 9.95. The molecular formula is C22H28N2O6S. The highest BCUT2D eigenvalue weighted by Gasteiger charge is 2.26. The topological polar surface area (TPSA) is 94.2 Å². The number of benzene rings is 2. The van der Waals surface area contributed by atoms with Gasteiger partial charge in [-0.2, -0.15) is 0 Å². The Kier molecular flexibility index (Phi) is 6.76. The van der Waals surface area contributed by atoms with Gasteiger partial charge in [-0.15, -0.1) is 0 Å². The third-order valence-electron chi connectivity index (χ3n) is 5.06. The minimum absolute atomic E-state index is 0.0620. The van der Waals surface area contributed by atoms with E-state index < -0.39 is 10.0 Å². The second-order valence-corrected chi connectivity index (χ2v) is 9.87. The van der Waals surface area contributed by atoms with Crippen LogP contribution in [-0.2, 0) is 10.0 Å². The summed E-state index contributed by atoms with van der Waals surface area (Å²) in [5.41, 5.74) is 1.10. The van der Waals surface area contributed by atoms with E-state index in [2.05, 4.69) is 5.32 Å². The van der Waals surface area contributed by atoms with Crippen molar-refractivity contribution in [2.75, 3.05) is 34.4 Å². The molecule has 0 saturated heterocycles. The van der Waals surface area contributed by atoms with Gasteiger partial charge in [-0.05, 0) is 41.8 Å². The van der Waals surface area contributed by atoms with Crippen molar-refractivity contribution in [1.82, 2.24) is 9.62 Å². The molecule has 1 aliphatic rings. The third-order valence-corrected chi connectivity index (χ3v) is 6.90. The van der Waals surface area contributed by atoms with Crippen LogP contribution in [0.1, 0.15) is 35.8 Å². The quantitative estimate of drug-likeness (QED) is 0.700. The number of fused-ring (bicyclic) bond motifs is 1. The van der Waals surface area contributed by atoms with Gasteiger partial charge >= 0.3 is 0 Å². The molecular weight excluding hydrogens is 420 g/mol. The summed E-state index contributed by atoms with van der Waals surface area (Å²) in [6.45, 7) is 4.98. The van der Waals surface area contributed by atoms with Gasteiger partial charge in [0.2, 0.25) is 10.0 Å². The van der Waals surface area contributed by atoms with Crippen LogP contribution in [-0.4, -0.2) is 53.0 Å². The molecule has 0 fully saturated rings. The van der Waals surface area contributed by atoms with Crippen LogP contribution in [0, 0.1) is 5.92 Å². The first-order chi connectivity index (χ1) is 14.6. The molecule has 168 valence electrons. The highest BCUT2D eigenvalue weighted by molar-refractivity contribution is 7.89. The molecule has 1 N–H and O–H groups in total. The van der Waals surface area contributed by atoms with Crippen molar-refractivity contribution in [1.29, 1.82) is 0 Å². The van der Waals surface area contributed by atoms with Crippen molar-refractivity contribution in [2.45, 2.75) is 24.8 Å². The minimum Gasteiger partial charge on any atom is -0.495 e. The van der Waals surface area contributed by atoms with Gasteiger partial charge in [-0.3, -0.25) is 4.79 Å². The summed E-state index contributed by atoms with van der Waals surface area (Å²) >= 11 is 0. The summed E-state index contributed by atoms with van der Waals surface area (Å²) in [5, 5.41) is 3.02. The molecule has 2 aromatic carbocycles. The number of hydrogen-bond donors (Lipinski definition) is 1. The molecule has 1 heterocycles. The van der Waals surface area contributed by atoms with Gasteiger partial charge in [0, 0.05) is 19.7 Å². The Bertz CT molecular complexity index is 1070. The Morgan fingerprint density at radius 1 is 1.06 bits per heavy atom. The average Bonchev–Trinajstić information content (AvgIpc) is 2.76. The monoisotopic (exact) mass is 448 g/mol. The fourth-order valence-corrected chi connectivity index (χ4v) is 4.40. The van der Waals surface area contributed by atoms with Crippen LogP contribution >= 0.6 is 0 Å². The Hall–Kier alpha value is -2.78. The molecule has 31 heavy (non-hydrogen) atoms. The standard InChI is InChI=1S/C22H28N2O6S/c1-14(2)21(15-6-8-17-19(12-15)30-11-10-29-17)23-22(25)16-7-9-18(28-5)20(13-16)31(26,27)24(3)4/h6-9,12-14,21H,10-11H2,1-5H3,(H,23,25). The second kappa shape index (κ2) is 9.15. The van der Waals surface area contributed by atoms with Gasteiger partial charge in [0.1, 0.15) is 23.9 Å². The summed E-state index contributed by atoms with van der Waals surface area (Å²) in [4.78, 5) is 13.0. The van der Waals surface area contributed by atoms with Gasteiger partial charge in [-0.25, -0.2) is 12.7 Å². The number of nitrogens with zero attached hydrogens (tertiary/aromatic N) is 1. The number of carbonyl (C=O) groups excluding carboxylic acids is 1. The summed E-state index contributed by atoms with van der Waals surface area (Å²) in [5.74, 6) is 1.20. The van der Waals surface area contributed by atoms with E-state index >= 15 is 0 Å². The fraction of sp³-hybridized carbons (Fsp3) is 0.409. The van der Waals surface area contributed by atoms with E-state index in [0.717, 1.165) is 9.87 Å². The molecule has 3 rings (SSSR count). The Morgan fingerprint density at radius 2 is 1.74 bits per heavy atom. The zero-order valence-electron chi connectivity index (χ0n) is 18.3. The minimum atomic E-state index is -3.79. The number of methoxy groups -OCH3 is 1. The predicted molar refractivity (Wildman–Crippen MR) is 116 cm³/mol. The number of ether oxygens (including phenoxy) is 3. The van der Waals surface area contributed by atoms with Crippen molar-refractivity contribution in [3.63, 3.8) is 0 Å². The van der Waals surface area contributed by atoms with Crippen molar-refractivity contribution < 1.29 is 27.4 Å². The largest absolute Gasteiger partial charge is 0.495 e. The predicted octanol–water partition coefficient (Wildman–Crippen LogP) is 2.84. The molecule has 0 radical (unpaired) electrons. The number of sulfonamides is 1. The lowest BCUT2D eigenvalue weighted by Gasteiger charge is -2.25. The summed E-state index contributed by atoms with van der Waals surface area (Å²) < 4.78 is 42.8. The zero-order chi connectivity index (χ0) is 22.8. The van der Waals surface area contributed by atoms with Crippen LogP contribution < -0.4 is 19.5 Å². The van der Waals surface area contributed by atoms with Crippen molar-refractivity contribution in [3.05, 3.63) is 47.5 Å². The summed E-state index contributed by atoms with van der Waals surface area (Å²) in [6.07, 6.45) is 0. The number of hydrogen-bond acceptors (Lipinski definition) is 6. The van der Waals surface area contributed by atoms with Crippen LogP contribution in [0.3, 0.4) is 0 Å². The van der Waals surface area contributed by atoms with E-state index in [4.69, 9.17) is 14.2 Å². The SMILES string of the molecule is COc1ccc(C(=O)NC(c2ccc3c(c2)OCCO3)C(C)C)cc1S(=O)(=O)N(C)C. The van der Waals surface area contributed by atoms with Crippen molar-refractivity contribution in [2.24, 2.45) is 5.92 Å². The van der Waals surface area contributed by atoms with Gasteiger partial charge in [0.05, 0.1) is 13.2 Å². The van der Waals surface area contributed by atoms with Gasteiger partial charge < -0.3 is 19.5 Å². The number of carbonyl (C=O) groups is 1. The highest BCUT2D eigenvalue weighted by Crippen LogP contribution is 2.34. The molecule has 0 aromatic heterocycles. The molecule has 0 spiro atoms. The Labute approximate surface area is 183 Å². The van der Waals surface area contributed by atoms with Gasteiger partial charge in [0.15, 0.2) is 11.5 Å². The lowest BCUT2D eigenvalue weighted by molar-refractivity contribution is 0.0925. The Morgan fingerprint density at radius 3 is 2.35 bits per heavy atom. The molecule has 8 nitrogen and oxygen atoms in total. The van der Waals surface area contributed by atoms with Crippen LogP contribution in [0.25, 0.3) is 0 Å². The van der Waals surface area contributed by atoms with E-state index in [1.807, 2.05) is 32.0 Å². The maximum absolute atomic E-state index is 13.1. The maximum atomic E-state index is 13.1. The van der Waals surface area contributed by atoms with Crippen LogP contribution in [0.4, 0.5) is 0 Å². The zero-order valence-corrected chi connectivity index (χ0v) is 19.2. The van der Waals surface area contributed by atoms with Gasteiger partial charge in [-0.1, -0.05) is 19.9 Å². The first kappa shape index (κ1) is 22.9. The number of amides is 1. The molecule has 1 atom stereocenters. The van der Waals surface area contributed by atoms with Crippen molar-refractivity contribution in [3.8, 4) is 17.2 Å². The maximum Gasteiger partial charge on any atom is 0.251 e. The molecule has 2 aromatic rings. The van der Waals surface area contributed by atoms with E-state index in [0.29, 0.717) is 24.7 Å². The average molecular weight is 449 g/mol. The molecule has 0 saturated carbocycles. The van der Waals surface area contributed by atoms with E-state index in [1.165, 1.54) is 33.3 Å². The fourth-order valence-electron chi connectivity index (χ4n) is 3.33. The first-order valence-corrected chi connectivity index (χ1v) is 11.4. The highest BCUT2D eigenvalue weighted by atomic mass is 32.2. The van der Waals surface area contributed by atoms with E-state index in [-0.39, 0.29) is 34.1 Å². The van der Waals surface area contributed by atoms with E-state index in [1.54, 1.807) is 6.07 Å². The first-order valence-electron chi connectivity index (χ1n) is 9.96. The lowest BCUT2D eigenvalue weighted by Crippen LogP contribution is -2.32. The van der Waals surface area contributed by atoms with Crippen LogP contribution in [0.2, 0.25) is 0 Å². The van der Waals surface area contributed by atoms with Crippen LogP contribution in [0.5, 0.6) is 17.2 Å². The second-order valence-electron chi connectivity index (χ2n) is 7.75. The van der Waals surface area contributed by atoms with Crippen LogP contribution in [0.15, 0.2) is 41.3 Å². The molecule has 0 bridgehead atoms. The number of rotatable bonds is 7. The summed E-state index contributed by atoms with van der Waals surface area (Å²) in [7, 11) is 0.462. The third kappa shape index (κ3) is 4.77. The molecule has 9 heteroatoms. The normalized spacial score (nSPS) is 14.4. The number of nitrogens with one attached hydrogen (secondary N) is 1. The Balaban J connectivity index is 1.91.